The molecule has 0 aliphatic carbocycles. The van der Waals surface area contributed by atoms with Crippen molar-refractivity contribution >= 4 is 11.6 Å². The zero-order valence-corrected chi connectivity index (χ0v) is 12.2. The highest BCUT2D eigenvalue weighted by atomic mass is 35.5. The molecule has 0 amide bonds. The second-order valence-corrected chi connectivity index (χ2v) is 5.14. The number of nitrogens with zero attached hydrogens (tertiary/aromatic N) is 1. The first-order chi connectivity index (χ1) is 10.2. The predicted molar refractivity (Wildman–Crippen MR) is 85.5 cm³/mol. The number of benzene rings is 2. The van der Waals surface area contributed by atoms with Crippen LogP contribution in [0.15, 0.2) is 59.4 Å². The van der Waals surface area contributed by atoms with Gasteiger partial charge in [-0.3, -0.25) is 4.79 Å². The molecule has 0 bridgehead atoms. The van der Waals surface area contributed by atoms with Crippen molar-refractivity contribution < 1.29 is 0 Å². The summed E-state index contributed by atoms with van der Waals surface area (Å²) < 4.78 is 0. The summed E-state index contributed by atoms with van der Waals surface area (Å²) >= 11 is 6.19. The summed E-state index contributed by atoms with van der Waals surface area (Å²) in [5.74, 6) is 0.482. The van der Waals surface area contributed by atoms with Crippen LogP contribution in [0.1, 0.15) is 5.56 Å². The van der Waals surface area contributed by atoms with Crippen molar-refractivity contribution in [3.05, 3.63) is 75.5 Å². The fraction of sp³-hybridized carbons (Fsp3) is 0.0588. The summed E-state index contributed by atoms with van der Waals surface area (Å²) in [4.78, 5) is 19.6. The average Bonchev–Trinajstić information content (AvgIpc) is 2.51. The second-order valence-electron chi connectivity index (χ2n) is 4.73. The van der Waals surface area contributed by atoms with Gasteiger partial charge in [0.15, 0.2) is 0 Å². The number of halogens is 1. The van der Waals surface area contributed by atoms with Gasteiger partial charge < -0.3 is 4.98 Å². The first-order valence-corrected chi connectivity index (χ1v) is 6.96. The molecule has 0 aliphatic rings. The molecule has 3 rings (SSSR count). The van der Waals surface area contributed by atoms with E-state index in [2.05, 4.69) is 9.97 Å². The summed E-state index contributed by atoms with van der Waals surface area (Å²) in [5.41, 5.74) is 2.74. The maximum absolute atomic E-state index is 12.2. The molecule has 0 aliphatic heterocycles. The molecule has 104 valence electrons. The summed E-state index contributed by atoms with van der Waals surface area (Å²) in [6.07, 6.45) is 0. The molecular weight excluding hydrogens is 284 g/mol. The van der Waals surface area contributed by atoms with Gasteiger partial charge in [0.1, 0.15) is 5.82 Å². The highest BCUT2D eigenvalue weighted by molar-refractivity contribution is 6.33. The van der Waals surface area contributed by atoms with E-state index in [0.29, 0.717) is 27.7 Å². The Bertz CT molecular complexity index is 841. The minimum absolute atomic E-state index is 0.154. The van der Waals surface area contributed by atoms with E-state index >= 15 is 0 Å². The Morgan fingerprint density at radius 3 is 2.38 bits per heavy atom. The molecule has 3 aromatic rings. The molecule has 0 saturated carbocycles. The van der Waals surface area contributed by atoms with Gasteiger partial charge in [-0.25, -0.2) is 4.98 Å². The van der Waals surface area contributed by atoms with Crippen molar-refractivity contribution in [2.45, 2.75) is 6.92 Å². The minimum atomic E-state index is -0.154. The standard InChI is InChI=1S/C17H13ClN2O/c1-11-15(12-7-3-2-4-8-12)19-16(20-17(11)21)13-9-5-6-10-14(13)18/h2-10H,1H3,(H,19,20,21). The summed E-state index contributed by atoms with van der Waals surface area (Å²) in [6, 6.07) is 17.0. The normalized spacial score (nSPS) is 10.6. The fourth-order valence-electron chi connectivity index (χ4n) is 2.19. The van der Waals surface area contributed by atoms with E-state index in [-0.39, 0.29) is 5.56 Å². The van der Waals surface area contributed by atoms with E-state index in [1.54, 1.807) is 13.0 Å². The highest BCUT2D eigenvalue weighted by Crippen LogP contribution is 2.26. The van der Waals surface area contributed by atoms with Gasteiger partial charge in [0.2, 0.25) is 0 Å². The van der Waals surface area contributed by atoms with Crippen molar-refractivity contribution in [2.75, 3.05) is 0 Å². The molecular formula is C17H13ClN2O. The van der Waals surface area contributed by atoms with Gasteiger partial charge in [-0.1, -0.05) is 54.1 Å². The van der Waals surface area contributed by atoms with E-state index < -0.39 is 0 Å². The van der Waals surface area contributed by atoms with E-state index in [1.165, 1.54) is 0 Å². The Hall–Kier alpha value is -2.39. The molecule has 1 heterocycles. The number of hydrogen-bond acceptors (Lipinski definition) is 2. The molecule has 0 fully saturated rings. The third-order valence-electron chi connectivity index (χ3n) is 3.33. The topological polar surface area (TPSA) is 45.8 Å². The molecule has 0 radical (unpaired) electrons. The Balaban J connectivity index is 2.24. The third kappa shape index (κ3) is 2.60. The van der Waals surface area contributed by atoms with Crippen LogP contribution in [0.25, 0.3) is 22.6 Å². The van der Waals surface area contributed by atoms with Crippen LogP contribution in [-0.2, 0) is 0 Å². The van der Waals surface area contributed by atoms with Crippen LogP contribution in [0.2, 0.25) is 5.02 Å². The Labute approximate surface area is 127 Å². The van der Waals surface area contributed by atoms with Gasteiger partial charge in [-0.05, 0) is 19.1 Å². The average molecular weight is 297 g/mol. The SMILES string of the molecule is Cc1c(-c2ccccc2)nc(-c2ccccc2Cl)[nH]c1=O. The fourth-order valence-corrected chi connectivity index (χ4v) is 2.42. The van der Waals surface area contributed by atoms with Crippen molar-refractivity contribution in [1.29, 1.82) is 0 Å². The van der Waals surface area contributed by atoms with Gasteiger partial charge >= 0.3 is 0 Å². The monoisotopic (exact) mass is 296 g/mol. The largest absolute Gasteiger partial charge is 0.306 e. The molecule has 21 heavy (non-hydrogen) atoms. The minimum Gasteiger partial charge on any atom is -0.306 e. The summed E-state index contributed by atoms with van der Waals surface area (Å²) in [5, 5.41) is 0.559. The number of nitrogens with one attached hydrogen (secondary N) is 1. The van der Waals surface area contributed by atoms with Crippen molar-refractivity contribution in [3.63, 3.8) is 0 Å². The maximum atomic E-state index is 12.2. The number of aromatic amines is 1. The highest BCUT2D eigenvalue weighted by Gasteiger charge is 2.12. The van der Waals surface area contributed by atoms with E-state index in [0.717, 1.165) is 5.56 Å². The Kier molecular flexibility index (Phi) is 3.59. The Morgan fingerprint density at radius 2 is 1.67 bits per heavy atom. The first kappa shape index (κ1) is 13.6. The zero-order chi connectivity index (χ0) is 14.8. The number of hydrogen-bond donors (Lipinski definition) is 1. The molecule has 2 aromatic carbocycles. The van der Waals surface area contributed by atoms with Crippen LogP contribution < -0.4 is 5.56 Å². The molecule has 1 N–H and O–H groups in total. The summed E-state index contributed by atoms with van der Waals surface area (Å²) in [6.45, 7) is 1.77. The van der Waals surface area contributed by atoms with E-state index in [9.17, 15) is 4.79 Å². The summed E-state index contributed by atoms with van der Waals surface area (Å²) in [7, 11) is 0. The maximum Gasteiger partial charge on any atom is 0.254 e. The zero-order valence-electron chi connectivity index (χ0n) is 11.4. The van der Waals surface area contributed by atoms with Crippen LogP contribution in [-0.4, -0.2) is 9.97 Å². The van der Waals surface area contributed by atoms with Crippen molar-refractivity contribution in [1.82, 2.24) is 9.97 Å². The quantitative estimate of drug-likeness (QED) is 0.775. The molecule has 3 nitrogen and oxygen atoms in total. The molecule has 0 spiro atoms. The van der Waals surface area contributed by atoms with Gasteiger partial charge in [-0.15, -0.1) is 0 Å². The van der Waals surface area contributed by atoms with Crippen LogP contribution in [0.3, 0.4) is 0 Å². The molecule has 4 heteroatoms. The number of rotatable bonds is 2. The lowest BCUT2D eigenvalue weighted by Gasteiger charge is -2.09. The van der Waals surface area contributed by atoms with Gasteiger partial charge in [0, 0.05) is 16.7 Å². The van der Waals surface area contributed by atoms with Gasteiger partial charge in [-0.2, -0.15) is 0 Å². The number of H-pyrrole nitrogens is 1. The lowest BCUT2D eigenvalue weighted by molar-refractivity contribution is 1.09. The molecule has 1 aromatic heterocycles. The van der Waals surface area contributed by atoms with Crippen LogP contribution >= 0.6 is 11.6 Å². The van der Waals surface area contributed by atoms with E-state index in [1.807, 2.05) is 48.5 Å². The van der Waals surface area contributed by atoms with Crippen LogP contribution in [0, 0.1) is 6.92 Å². The molecule has 0 atom stereocenters. The van der Waals surface area contributed by atoms with E-state index in [4.69, 9.17) is 11.6 Å². The van der Waals surface area contributed by atoms with Crippen molar-refractivity contribution in [2.24, 2.45) is 0 Å². The van der Waals surface area contributed by atoms with Gasteiger partial charge in [0.25, 0.3) is 5.56 Å². The van der Waals surface area contributed by atoms with Crippen LogP contribution in [0.4, 0.5) is 0 Å². The first-order valence-electron chi connectivity index (χ1n) is 6.58. The second kappa shape index (κ2) is 5.54. The van der Waals surface area contributed by atoms with Crippen molar-refractivity contribution in [3.8, 4) is 22.6 Å². The number of aromatic nitrogens is 2. The smallest absolute Gasteiger partial charge is 0.254 e. The van der Waals surface area contributed by atoms with Crippen LogP contribution in [0.5, 0.6) is 0 Å². The molecule has 0 saturated heterocycles. The molecule has 0 unspecified atom stereocenters. The lowest BCUT2D eigenvalue weighted by atomic mass is 10.1. The van der Waals surface area contributed by atoms with Gasteiger partial charge in [0.05, 0.1) is 10.7 Å². The Morgan fingerprint density at radius 1 is 1.00 bits per heavy atom. The lowest BCUT2D eigenvalue weighted by Crippen LogP contribution is -2.14. The third-order valence-corrected chi connectivity index (χ3v) is 3.66. The predicted octanol–water partition coefficient (Wildman–Crippen LogP) is 4.07.